The van der Waals surface area contributed by atoms with Gasteiger partial charge in [-0.15, -0.1) is 0 Å². The smallest absolute Gasteiger partial charge is 0.338 e. The zero-order valence-electron chi connectivity index (χ0n) is 22.7. The molecule has 12 nitrogen and oxygen atoms in total. The van der Waals surface area contributed by atoms with Crippen molar-refractivity contribution in [1.29, 1.82) is 0 Å². The highest BCUT2D eigenvalue weighted by Gasteiger charge is 2.13. The Morgan fingerprint density at radius 1 is 0.619 bits per heavy atom. The van der Waals surface area contributed by atoms with E-state index in [0.29, 0.717) is 34.2 Å². The molecule has 0 spiro atoms. The molecule has 2 N–H and O–H groups in total. The molecule has 0 atom stereocenters. The number of ether oxygens (including phenoxy) is 2. The average molecular weight is 571 g/mol. The molecular formula is C30H26N4O8. The first-order valence-electron chi connectivity index (χ1n) is 12.8. The van der Waals surface area contributed by atoms with Gasteiger partial charge in [0.15, 0.2) is 0 Å². The van der Waals surface area contributed by atoms with Gasteiger partial charge in [-0.25, -0.2) is 20.4 Å². The van der Waals surface area contributed by atoms with E-state index in [1.807, 2.05) is 0 Å². The highest BCUT2D eigenvalue weighted by atomic mass is 16.5. The predicted molar refractivity (Wildman–Crippen MR) is 152 cm³/mol. The zero-order valence-corrected chi connectivity index (χ0v) is 22.7. The topological polar surface area (TPSA) is 162 Å². The van der Waals surface area contributed by atoms with Crippen LogP contribution in [0.2, 0.25) is 0 Å². The van der Waals surface area contributed by atoms with Crippen molar-refractivity contribution >= 4 is 36.2 Å². The van der Waals surface area contributed by atoms with Crippen LogP contribution in [0.3, 0.4) is 0 Å². The summed E-state index contributed by atoms with van der Waals surface area (Å²) >= 11 is 0. The van der Waals surface area contributed by atoms with Gasteiger partial charge in [0.05, 0.1) is 36.8 Å². The summed E-state index contributed by atoms with van der Waals surface area (Å²) in [5.41, 5.74) is 6.46. The lowest BCUT2D eigenvalue weighted by Crippen LogP contribution is -2.35. The van der Waals surface area contributed by atoms with E-state index in [1.54, 1.807) is 86.6 Å². The van der Waals surface area contributed by atoms with Crippen LogP contribution in [-0.4, -0.2) is 49.4 Å². The second kappa shape index (κ2) is 14.0. The van der Waals surface area contributed by atoms with Crippen molar-refractivity contribution in [3.8, 4) is 22.6 Å². The zero-order chi connectivity index (χ0) is 29.9. The van der Waals surface area contributed by atoms with E-state index in [0.717, 1.165) is 11.1 Å². The van der Waals surface area contributed by atoms with Gasteiger partial charge >= 0.3 is 23.8 Å². The molecule has 0 aliphatic heterocycles. The molecule has 0 bridgehead atoms. The summed E-state index contributed by atoms with van der Waals surface area (Å²) in [6.07, 6.45) is 2.46. The molecule has 2 heterocycles. The molecule has 42 heavy (non-hydrogen) atoms. The molecule has 0 radical (unpaired) electrons. The van der Waals surface area contributed by atoms with Crippen molar-refractivity contribution in [3.05, 3.63) is 95.4 Å². The van der Waals surface area contributed by atoms with E-state index in [4.69, 9.17) is 18.3 Å². The second-order valence-corrected chi connectivity index (χ2v) is 8.40. The van der Waals surface area contributed by atoms with Gasteiger partial charge in [-0.3, -0.25) is 9.59 Å². The van der Waals surface area contributed by atoms with E-state index in [9.17, 15) is 19.2 Å². The molecule has 12 heteroatoms. The summed E-state index contributed by atoms with van der Waals surface area (Å²) in [5, 5.41) is 7.44. The van der Waals surface area contributed by atoms with Gasteiger partial charge in [0.1, 0.15) is 23.0 Å². The fourth-order valence-corrected chi connectivity index (χ4v) is 3.54. The monoisotopic (exact) mass is 570 g/mol. The van der Waals surface area contributed by atoms with E-state index >= 15 is 0 Å². The second-order valence-electron chi connectivity index (χ2n) is 8.40. The lowest BCUT2D eigenvalue weighted by Gasteiger charge is -2.02. The van der Waals surface area contributed by atoms with Crippen molar-refractivity contribution in [2.45, 2.75) is 13.8 Å². The predicted octanol–water partition coefficient (Wildman–Crippen LogP) is 4.16. The summed E-state index contributed by atoms with van der Waals surface area (Å²) < 4.78 is 21.3. The number of nitrogens with one attached hydrogen (secondary N) is 2. The Morgan fingerprint density at radius 2 is 1.00 bits per heavy atom. The van der Waals surface area contributed by atoms with Gasteiger partial charge in [0.2, 0.25) is 0 Å². The van der Waals surface area contributed by atoms with Crippen LogP contribution in [-0.2, 0) is 19.1 Å². The molecule has 0 unspecified atom stereocenters. The van der Waals surface area contributed by atoms with Gasteiger partial charge in [0, 0.05) is 11.1 Å². The van der Waals surface area contributed by atoms with Crippen molar-refractivity contribution in [2.24, 2.45) is 10.2 Å². The number of furan rings is 2. The van der Waals surface area contributed by atoms with Gasteiger partial charge < -0.3 is 18.3 Å². The van der Waals surface area contributed by atoms with Crippen LogP contribution >= 0.6 is 0 Å². The van der Waals surface area contributed by atoms with Crippen molar-refractivity contribution < 1.29 is 37.5 Å². The van der Waals surface area contributed by atoms with Crippen molar-refractivity contribution in [2.75, 3.05) is 13.2 Å². The molecule has 0 aliphatic rings. The molecule has 4 aromatic rings. The van der Waals surface area contributed by atoms with E-state index in [-0.39, 0.29) is 13.2 Å². The van der Waals surface area contributed by atoms with Crippen LogP contribution in [0.5, 0.6) is 0 Å². The van der Waals surface area contributed by atoms with Gasteiger partial charge in [0.25, 0.3) is 0 Å². The Balaban J connectivity index is 1.24. The van der Waals surface area contributed by atoms with Crippen LogP contribution in [0.25, 0.3) is 22.6 Å². The molecule has 2 amide bonds. The molecule has 0 saturated heterocycles. The third kappa shape index (κ3) is 7.66. The first kappa shape index (κ1) is 29.2. The number of carbonyl (C=O) groups excluding carboxylic acids is 4. The number of hydrazone groups is 2. The van der Waals surface area contributed by atoms with Gasteiger partial charge in [-0.2, -0.15) is 10.2 Å². The maximum absolute atomic E-state index is 12.0. The minimum Gasteiger partial charge on any atom is -0.462 e. The molecule has 2 aromatic heterocycles. The van der Waals surface area contributed by atoms with Crippen LogP contribution in [0.1, 0.15) is 46.1 Å². The number of benzene rings is 2. The lowest BCUT2D eigenvalue weighted by molar-refractivity contribution is -0.139. The Bertz CT molecular complexity index is 1490. The first-order valence-corrected chi connectivity index (χ1v) is 12.8. The highest BCUT2D eigenvalue weighted by molar-refractivity contribution is 6.35. The average Bonchev–Trinajstić information content (AvgIpc) is 3.68. The summed E-state index contributed by atoms with van der Waals surface area (Å²) in [7, 11) is 0. The van der Waals surface area contributed by atoms with E-state index < -0.39 is 23.8 Å². The number of amides is 2. The van der Waals surface area contributed by atoms with E-state index in [1.165, 1.54) is 12.4 Å². The minimum absolute atomic E-state index is 0.289. The highest BCUT2D eigenvalue weighted by Crippen LogP contribution is 2.23. The van der Waals surface area contributed by atoms with Crippen molar-refractivity contribution in [3.63, 3.8) is 0 Å². The Morgan fingerprint density at radius 3 is 1.36 bits per heavy atom. The third-order valence-electron chi connectivity index (χ3n) is 5.54. The number of rotatable bonds is 10. The van der Waals surface area contributed by atoms with Gasteiger partial charge in [-0.05, 0) is 62.4 Å². The molecule has 214 valence electrons. The van der Waals surface area contributed by atoms with Crippen LogP contribution < -0.4 is 10.9 Å². The number of nitrogens with zero attached hydrogens (tertiary/aromatic N) is 2. The fraction of sp³-hybridized carbons (Fsp3) is 0.133. The number of esters is 2. The standard InChI is InChI=1S/C30H26N4O8/c1-3-39-29(37)21-9-5-19(6-10-21)25-15-13-23(41-25)17-31-33-27(35)28(36)34-32-18-24-14-16-26(42-24)20-7-11-22(12-8-20)30(38)40-4-2/h5-18H,3-4H2,1-2H3,(H,33,35)(H,34,36). The van der Waals surface area contributed by atoms with E-state index in [2.05, 4.69) is 21.1 Å². The van der Waals surface area contributed by atoms with Crippen molar-refractivity contribution in [1.82, 2.24) is 10.9 Å². The third-order valence-corrected chi connectivity index (χ3v) is 5.54. The first-order chi connectivity index (χ1) is 20.4. The molecule has 0 saturated carbocycles. The molecule has 0 aliphatic carbocycles. The number of hydrogen-bond donors (Lipinski definition) is 2. The number of hydrogen-bond acceptors (Lipinski definition) is 10. The van der Waals surface area contributed by atoms with Crippen LogP contribution in [0, 0.1) is 0 Å². The Kier molecular flexibility index (Phi) is 9.76. The normalized spacial score (nSPS) is 11.0. The lowest BCUT2D eigenvalue weighted by atomic mass is 10.1. The number of carbonyl (C=O) groups is 4. The Hall–Kier alpha value is -5.78. The van der Waals surface area contributed by atoms with Crippen LogP contribution in [0.15, 0.2) is 91.8 Å². The molecule has 2 aromatic carbocycles. The summed E-state index contributed by atoms with van der Waals surface area (Å²) in [6, 6.07) is 20.0. The van der Waals surface area contributed by atoms with Crippen LogP contribution in [0.4, 0.5) is 0 Å². The van der Waals surface area contributed by atoms with Gasteiger partial charge in [-0.1, -0.05) is 24.3 Å². The maximum Gasteiger partial charge on any atom is 0.338 e. The Labute approximate surface area is 240 Å². The molecule has 0 fully saturated rings. The minimum atomic E-state index is -1.05. The quantitative estimate of drug-likeness (QED) is 0.124. The summed E-state index contributed by atoms with van der Waals surface area (Å²) in [4.78, 5) is 47.6. The largest absolute Gasteiger partial charge is 0.462 e. The molecule has 4 rings (SSSR count). The SMILES string of the molecule is CCOC(=O)c1ccc(-c2ccc(C=NNC(=O)C(=O)NN=Cc3ccc(-c4ccc(C(=O)OCC)cc4)o3)o2)cc1. The summed E-state index contributed by atoms with van der Waals surface area (Å²) in [6.45, 7) is 4.05. The fourth-order valence-electron chi connectivity index (χ4n) is 3.54. The molecular weight excluding hydrogens is 544 g/mol. The summed E-state index contributed by atoms with van der Waals surface area (Å²) in [5.74, 6) is -1.25. The maximum atomic E-state index is 12.0.